The molecular weight excluding hydrogens is 310 g/mol. The second-order valence-electron chi connectivity index (χ2n) is 5.76. The molecule has 0 spiro atoms. The topological polar surface area (TPSA) is 95.9 Å². The van der Waals surface area contributed by atoms with Crippen LogP contribution in [0, 0.1) is 5.92 Å². The molecule has 6 nitrogen and oxygen atoms in total. The lowest BCUT2D eigenvalue weighted by molar-refractivity contribution is -0.146. The minimum Gasteiger partial charge on any atom is -0.481 e. The fraction of sp³-hybridized carbons (Fsp3) is 0.556. The predicted molar refractivity (Wildman–Crippen MR) is 90.5 cm³/mol. The van der Waals surface area contributed by atoms with Crippen LogP contribution in [-0.2, 0) is 16.1 Å². The SMILES string of the molecule is CCC(C(=O)O)C(O)CCCCCNC(=O)OCc1ccccc1. The van der Waals surface area contributed by atoms with Crippen LogP contribution in [0.15, 0.2) is 30.3 Å². The minimum absolute atomic E-state index is 0.243. The fourth-order valence-electron chi connectivity index (χ4n) is 2.43. The number of hydrogen-bond acceptors (Lipinski definition) is 4. The van der Waals surface area contributed by atoms with Gasteiger partial charge in [-0.1, -0.05) is 50.1 Å². The predicted octanol–water partition coefficient (Wildman–Crippen LogP) is 2.94. The Labute approximate surface area is 142 Å². The summed E-state index contributed by atoms with van der Waals surface area (Å²) in [5, 5.41) is 21.5. The smallest absolute Gasteiger partial charge is 0.407 e. The summed E-state index contributed by atoms with van der Waals surface area (Å²) in [6.07, 6.45) is 1.93. The number of aliphatic hydroxyl groups excluding tert-OH is 1. The zero-order chi connectivity index (χ0) is 17.8. The molecule has 6 heteroatoms. The number of carboxylic acid groups (broad SMARTS) is 1. The molecule has 0 aliphatic carbocycles. The third kappa shape index (κ3) is 7.97. The van der Waals surface area contributed by atoms with Crippen LogP contribution in [0.3, 0.4) is 0 Å². The number of aliphatic hydroxyl groups is 1. The number of unbranched alkanes of at least 4 members (excludes halogenated alkanes) is 2. The highest BCUT2D eigenvalue weighted by Gasteiger charge is 2.23. The molecule has 3 N–H and O–H groups in total. The van der Waals surface area contributed by atoms with Crippen molar-refractivity contribution in [3.63, 3.8) is 0 Å². The summed E-state index contributed by atoms with van der Waals surface area (Å²) in [4.78, 5) is 22.4. The summed E-state index contributed by atoms with van der Waals surface area (Å²) in [6, 6.07) is 9.45. The molecule has 0 heterocycles. The van der Waals surface area contributed by atoms with Crippen LogP contribution in [0.25, 0.3) is 0 Å². The van der Waals surface area contributed by atoms with Crippen LogP contribution in [0.4, 0.5) is 4.79 Å². The first-order valence-electron chi connectivity index (χ1n) is 8.40. The maximum atomic E-state index is 11.5. The molecule has 0 saturated heterocycles. The number of benzene rings is 1. The lowest BCUT2D eigenvalue weighted by atomic mass is 9.95. The lowest BCUT2D eigenvalue weighted by Gasteiger charge is -2.17. The van der Waals surface area contributed by atoms with Gasteiger partial charge in [-0.15, -0.1) is 0 Å². The molecule has 0 aromatic heterocycles. The van der Waals surface area contributed by atoms with E-state index in [-0.39, 0.29) is 6.61 Å². The van der Waals surface area contributed by atoms with Crippen molar-refractivity contribution in [2.75, 3.05) is 6.54 Å². The highest BCUT2D eigenvalue weighted by Crippen LogP contribution is 2.15. The Balaban J connectivity index is 2.05. The van der Waals surface area contributed by atoms with E-state index in [1.165, 1.54) is 0 Å². The number of alkyl carbamates (subject to hydrolysis) is 1. The molecule has 134 valence electrons. The number of ether oxygens (including phenoxy) is 1. The van der Waals surface area contributed by atoms with Gasteiger partial charge < -0.3 is 20.3 Å². The Morgan fingerprint density at radius 1 is 1.17 bits per heavy atom. The second-order valence-corrected chi connectivity index (χ2v) is 5.76. The van der Waals surface area contributed by atoms with E-state index in [9.17, 15) is 14.7 Å². The van der Waals surface area contributed by atoms with Gasteiger partial charge in [0.15, 0.2) is 0 Å². The Hall–Kier alpha value is -2.08. The third-order valence-electron chi connectivity index (χ3n) is 3.88. The summed E-state index contributed by atoms with van der Waals surface area (Å²) in [5.41, 5.74) is 0.936. The van der Waals surface area contributed by atoms with Gasteiger partial charge >= 0.3 is 12.1 Å². The van der Waals surface area contributed by atoms with Gasteiger partial charge in [-0.25, -0.2) is 4.79 Å². The standard InChI is InChI=1S/C18H27NO5/c1-2-15(17(21)22)16(20)11-7-4-8-12-19-18(23)24-13-14-9-5-3-6-10-14/h3,5-6,9-10,15-16,20H,2,4,7-8,11-13H2,1H3,(H,19,23)(H,21,22). The molecule has 2 atom stereocenters. The summed E-state index contributed by atoms with van der Waals surface area (Å²) in [6.45, 7) is 2.50. The molecule has 0 fully saturated rings. The molecule has 0 bridgehead atoms. The lowest BCUT2D eigenvalue weighted by Crippen LogP contribution is -2.27. The van der Waals surface area contributed by atoms with E-state index in [0.717, 1.165) is 24.8 Å². The van der Waals surface area contributed by atoms with Crippen molar-refractivity contribution in [1.29, 1.82) is 0 Å². The van der Waals surface area contributed by atoms with Gasteiger partial charge in [0, 0.05) is 6.54 Å². The van der Waals surface area contributed by atoms with Gasteiger partial charge in [0.1, 0.15) is 6.61 Å². The van der Waals surface area contributed by atoms with Crippen LogP contribution in [0.2, 0.25) is 0 Å². The summed E-state index contributed by atoms with van der Waals surface area (Å²) < 4.78 is 5.09. The molecule has 1 amide bonds. The number of carbonyl (C=O) groups is 2. The number of rotatable bonds is 11. The monoisotopic (exact) mass is 337 g/mol. The molecule has 2 unspecified atom stereocenters. The Bertz CT molecular complexity index is 491. The zero-order valence-electron chi connectivity index (χ0n) is 14.1. The van der Waals surface area contributed by atoms with Crippen LogP contribution in [0.5, 0.6) is 0 Å². The maximum Gasteiger partial charge on any atom is 0.407 e. The summed E-state index contributed by atoms with van der Waals surface area (Å²) in [5.74, 6) is -1.65. The molecule has 0 radical (unpaired) electrons. The van der Waals surface area contributed by atoms with E-state index < -0.39 is 24.1 Å². The molecule has 0 aliphatic heterocycles. The number of aliphatic carboxylic acids is 1. The van der Waals surface area contributed by atoms with E-state index in [0.29, 0.717) is 19.4 Å². The van der Waals surface area contributed by atoms with Gasteiger partial charge in [-0.05, 0) is 24.8 Å². The number of carboxylic acids is 1. The first kappa shape index (κ1) is 20.0. The average molecular weight is 337 g/mol. The maximum absolute atomic E-state index is 11.5. The fourth-order valence-corrected chi connectivity index (χ4v) is 2.43. The van der Waals surface area contributed by atoms with E-state index in [1.807, 2.05) is 30.3 Å². The zero-order valence-corrected chi connectivity index (χ0v) is 14.1. The summed E-state index contributed by atoms with van der Waals surface area (Å²) >= 11 is 0. The van der Waals surface area contributed by atoms with Crippen LogP contribution >= 0.6 is 0 Å². The van der Waals surface area contributed by atoms with Crippen molar-refractivity contribution in [3.8, 4) is 0 Å². The van der Waals surface area contributed by atoms with Gasteiger partial charge in [-0.3, -0.25) is 4.79 Å². The normalized spacial score (nSPS) is 13.1. The van der Waals surface area contributed by atoms with E-state index >= 15 is 0 Å². The van der Waals surface area contributed by atoms with E-state index in [2.05, 4.69) is 5.32 Å². The van der Waals surface area contributed by atoms with Gasteiger partial charge in [0.05, 0.1) is 12.0 Å². The molecule has 1 rings (SSSR count). The quantitative estimate of drug-likeness (QED) is 0.540. The molecule has 1 aromatic rings. The molecule has 1 aromatic carbocycles. The first-order valence-corrected chi connectivity index (χ1v) is 8.40. The molecule has 0 saturated carbocycles. The number of nitrogens with one attached hydrogen (secondary N) is 1. The van der Waals surface area contributed by atoms with Crippen molar-refractivity contribution in [1.82, 2.24) is 5.32 Å². The van der Waals surface area contributed by atoms with E-state index in [1.54, 1.807) is 6.92 Å². The number of amides is 1. The largest absolute Gasteiger partial charge is 0.481 e. The van der Waals surface area contributed by atoms with Crippen molar-refractivity contribution in [2.45, 2.75) is 51.7 Å². The van der Waals surface area contributed by atoms with Crippen molar-refractivity contribution < 1.29 is 24.5 Å². The minimum atomic E-state index is -0.951. The van der Waals surface area contributed by atoms with Gasteiger partial charge in [0.2, 0.25) is 0 Å². The van der Waals surface area contributed by atoms with Gasteiger partial charge in [-0.2, -0.15) is 0 Å². The highest BCUT2D eigenvalue weighted by molar-refractivity contribution is 5.70. The Morgan fingerprint density at radius 3 is 2.50 bits per heavy atom. The average Bonchev–Trinajstić information content (AvgIpc) is 2.57. The highest BCUT2D eigenvalue weighted by atomic mass is 16.5. The van der Waals surface area contributed by atoms with E-state index in [4.69, 9.17) is 9.84 Å². The van der Waals surface area contributed by atoms with Crippen molar-refractivity contribution in [3.05, 3.63) is 35.9 Å². The van der Waals surface area contributed by atoms with Gasteiger partial charge in [0.25, 0.3) is 0 Å². The Morgan fingerprint density at radius 2 is 1.88 bits per heavy atom. The second kappa shape index (κ2) is 11.5. The summed E-state index contributed by atoms with van der Waals surface area (Å²) in [7, 11) is 0. The van der Waals surface area contributed by atoms with Crippen LogP contribution in [0.1, 0.15) is 44.6 Å². The number of hydrogen-bond donors (Lipinski definition) is 3. The third-order valence-corrected chi connectivity index (χ3v) is 3.88. The Kier molecular flexibility index (Phi) is 9.53. The van der Waals surface area contributed by atoms with Crippen molar-refractivity contribution in [2.24, 2.45) is 5.92 Å². The van der Waals surface area contributed by atoms with Crippen molar-refractivity contribution >= 4 is 12.1 Å². The first-order chi connectivity index (χ1) is 11.5. The molecule has 0 aliphatic rings. The van der Waals surface area contributed by atoms with Crippen LogP contribution in [-0.4, -0.2) is 34.9 Å². The molecular formula is C18H27NO5. The molecule has 24 heavy (non-hydrogen) atoms. The van der Waals surface area contributed by atoms with Crippen LogP contribution < -0.4 is 5.32 Å². The number of carbonyl (C=O) groups excluding carboxylic acids is 1.